The van der Waals surface area contributed by atoms with Crippen molar-refractivity contribution in [2.24, 2.45) is 11.8 Å². The van der Waals surface area contributed by atoms with Gasteiger partial charge in [0, 0.05) is 30.0 Å². The molecule has 0 radical (unpaired) electrons. The number of nitrogens with zero attached hydrogens (tertiary/aromatic N) is 3. The number of carbonyl (C=O) groups is 2. The van der Waals surface area contributed by atoms with Crippen molar-refractivity contribution < 1.29 is 19.4 Å². The zero-order chi connectivity index (χ0) is 24.7. The molecular formula is C28H39N3O4. The number of aryl methyl sites for hydroxylation is 1. The Balaban J connectivity index is 1.61. The summed E-state index contributed by atoms with van der Waals surface area (Å²) in [5.41, 5.74) is 4.06. The lowest BCUT2D eigenvalue weighted by atomic mass is 9.82. The number of aliphatic hydroxyl groups excluding tert-OH is 1. The molecule has 2 aliphatic carbocycles. The Hall–Kier alpha value is -2.41. The first-order valence-corrected chi connectivity index (χ1v) is 13.5. The molecule has 0 bridgehead atoms. The van der Waals surface area contributed by atoms with Gasteiger partial charge in [0.15, 0.2) is 0 Å². The van der Waals surface area contributed by atoms with Gasteiger partial charge in [0.05, 0.1) is 29.9 Å². The number of hydrogen-bond acceptors (Lipinski definition) is 5. The molecule has 2 fully saturated rings. The van der Waals surface area contributed by atoms with E-state index in [2.05, 4.69) is 17.6 Å². The van der Waals surface area contributed by atoms with Gasteiger partial charge in [-0.05, 0) is 76.8 Å². The quantitative estimate of drug-likeness (QED) is 0.636. The first kappa shape index (κ1) is 24.3. The predicted octanol–water partition coefficient (Wildman–Crippen LogP) is 5.36. The molecule has 35 heavy (non-hydrogen) atoms. The summed E-state index contributed by atoms with van der Waals surface area (Å²) < 4.78 is 7.50. The number of carbonyl (C=O) groups excluding carboxylic acids is 2. The average Bonchev–Trinajstić information content (AvgIpc) is 3.23. The number of imidazole rings is 1. The van der Waals surface area contributed by atoms with Gasteiger partial charge in [0.25, 0.3) is 0 Å². The molecule has 3 aliphatic rings. The van der Waals surface area contributed by atoms with E-state index in [0.717, 1.165) is 98.7 Å². The minimum atomic E-state index is -0.334. The van der Waals surface area contributed by atoms with Gasteiger partial charge < -0.3 is 14.4 Å². The summed E-state index contributed by atoms with van der Waals surface area (Å²) in [5, 5.41) is 10.7. The van der Waals surface area contributed by atoms with E-state index in [9.17, 15) is 14.7 Å². The van der Waals surface area contributed by atoms with Crippen LogP contribution in [0, 0.1) is 11.8 Å². The molecule has 1 N–H and O–H groups in total. The molecule has 2 saturated carbocycles. The number of anilines is 1. The Labute approximate surface area is 207 Å². The SMILES string of the molecule is COC(=O)N1c2ccc3c(nc(C[C@H]4CCCC[C@@H]4O)n3[C@@H]3CCC[C@@H](C(C)=O)C3)c2CC[C@@H]1C. The molecule has 1 amide bonds. The van der Waals surface area contributed by atoms with Crippen LogP contribution in [0.2, 0.25) is 0 Å². The topological polar surface area (TPSA) is 84.7 Å². The first-order chi connectivity index (χ1) is 16.9. The number of Topliss-reactive ketones (excluding diaryl/α,β-unsaturated/α-hetero) is 1. The van der Waals surface area contributed by atoms with Crippen molar-refractivity contribution in [3.63, 3.8) is 0 Å². The zero-order valence-corrected chi connectivity index (χ0v) is 21.3. The van der Waals surface area contributed by atoms with Crippen molar-refractivity contribution in [1.82, 2.24) is 9.55 Å². The van der Waals surface area contributed by atoms with E-state index in [1.807, 2.05) is 6.07 Å². The maximum absolute atomic E-state index is 12.6. The van der Waals surface area contributed by atoms with Gasteiger partial charge in [0.2, 0.25) is 0 Å². The zero-order valence-electron chi connectivity index (χ0n) is 21.3. The van der Waals surface area contributed by atoms with Gasteiger partial charge in [0.1, 0.15) is 11.6 Å². The highest BCUT2D eigenvalue weighted by Gasteiger charge is 2.34. The molecule has 1 aliphatic heterocycles. The van der Waals surface area contributed by atoms with E-state index in [0.29, 0.717) is 0 Å². The third-order valence-electron chi connectivity index (χ3n) is 8.80. The molecule has 5 rings (SSSR count). The first-order valence-electron chi connectivity index (χ1n) is 13.5. The fourth-order valence-electron chi connectivity index (χ4n) is 6.80. The number of ketones is 1. The number of benzene rings is 1. The third kappa shape index (κ3) is 4.48. The number of amides is 1. The maximum Gasteiger partial charge on any atom is 0.414 e. The molecule has 7 heteroatoms. The van der Waals surface area contributed by atoms with E-state index in [1.54, 1.807) is 11.8 Å². The van der Waals surface area contributed by atoms with Crippen LogP contribution >= 0.6 is 0 Å². The van der Waals surface area contributed by atoms with Gasteiger partial charge in [-0.2, -0.15) is 0 Å². The monoisotopic (exact) mass is 481 g/mol. The van der Waals surface area contributed by atoms with Gasteiger partial charge in [-0.25, -0.2) is 9.78 Å². The van der Waals surface area contributed by atoms with Crippen LogP contribution in [0.1, 0.15) is 89.1 Å². The fourth-order valence-corrected chi connectivity index (χ4v) is 6.80. The normalized spacial score (nSPS) is 29.1. The molecule has 7 nitrogen and oxygen atoms in total. The minimum absolute atomic E-state index is 0.0704. The van der Waals surface area contributed by atoms with Crippen LogP contribution < -0.4 is 4.90 Å². The lowest BCUT2D eigenvalue weighted by molar-refractivity contribution is -0.122. The van der Waals surface area contributed by atoms with Crippen molar-refractivity contribution in [2.75, 3.05) is 12.0 Å². The maximum atomic E-state index is 12.6. The summed E-state index contributed by atoms with van der Waals surface area (Å²) in [7, 11) is 1.43. The van der Waals surface area contributed by atoms with Crippen LogP contribution in [0.3, 0.4) is 0 Å². The van der Waals surface area contributed by atoms with E-state index in [1.165, 1.54) is 7.11 Å². The number of rotatable bonds is 4. The van der Waals surface area contributed by atoms with Crippen LogP contribution in [0.5, 0.6) is 0 Å². The molecule has 0 saturated heterocycles. The average molecular weight is 482 g/mol. The highest BCUT2D eigenvalue weighted by Crippen LogP contribution is 2.41. The second-order valence-corrected chi connectivity index (χ2v) is 11.0. The Morgan fingerprint density at radius 1 is 1.11 bits per heavy atom. The number of hydrogen-bond donors (Lipinski definition) is 1. The van der Waals surface area contributed by atoms with Crippen molar-refractivity contribution in [3.05, 3.63) is 23.5 Å². The number of aliphatic hydroxyl groups is 1. The predicted molar refractivity (Wildman–Crippen MR) is 136 cm³/mol. The fraction of sp³-hybridized carbons (Fsp3) is 0.679. The van der Waals surface area contributed by atoms with Crippen molar-refractivity contribution in [2.45, 2.75) is 103 Å². The lowest BCUT2D eigenvalue weighted by Crippen LogP contribution is -2.42. The number of methoxy groups -OCH3 is 1. The Morgan fingerprint density at radius 3 is 2.66 bits per heavy atom. The van der Waals surface area contributed by atoms with Crippen molar-refractivity contribution in [3.8, 4) is 0 Å². The number of aromatic nitrogens is 2. The second kappa shape index (κ2) is 9.92. The van der Waals surface area contributed by atoms with Crippen LogP contribution in [-0.2, 0) is 22.4 Å². The highest BCUT2D eigenvalue weighted by atomic mass is 16.5. The Morgan fingerprint density at radius 2 is 1.91 bits per heavy atom. The summed E-state index contributed by atoms with van der Waals surface area (Å²) in [6.45, 7) is 3.78. The second-order valence-electron chi connectivity index (χ2n) is 11.0. The molecule has 190 valence electrons. The van der Waals surface area contributed by atoms with Gasteiger partial charge in [-0.15, -0.1) is 0 Å². The summed E-state index contributed by atoms with van der Waals surface area (Å²) in [4.78, 5) is 31.9. The summed E-state index contributed by atoms with van der Waals surface area (Å²) >= 11 is 0. The molecule has 1 aromatic carbocycles. The number of fused-ring (bicyclic) bond motifs is 3. The standard InChI is InChI=1S/C28H39N3O4/c1-17-11-12-22-23(30(17)28(34)35-3)13-14-24-27(22)29-26(16-20-7-4-5-10-25(20)33)31(24)21-9-6-8-19(15-21)18(2)32/h13-14,17,19-21,25,33H,4-12,15-16H2,1-3H3/t17-,19+,20+,21+,25-/m0/s1. The van der Waals surface area contributed by atoms with Crippen LogP contribution in [0.25, 0.3) is 11.0 Å². The summed E-state index contributed by atoms with van der Waals surface area (Å²) in [5.74, 6) is 1.63. The number of ether oxygens (including phenoxy) is 1. The third-order valence-corrected chi connectivity index (χ3v) is 8.80. The van der Waals surface area contributed by atoms with Gasteiger partial charge in [-0.3, -0.25) is 9.69 Å². The Kier molecular flexibility index (Phi) is 6.88. The molecule has 1 aromatic heterocycles. The van der Waals surface area contributed by atoms with E-state index >= 15 is 0 Å². The molecule has 0 unspecified atom stereocenters. The summed E-state index contributed by atoms with van der Waals surface area (Å²) in [6.07, 6.45) is 9.90. The van der Waals surface area contributed by atoms with E-state index in [4.69, 9.17) is 9.72 Å². The molecular weight excluding hydrogens is 442 g/mol. The van der Waals surface area contributed by atoms with Gasteiger partial charge in [-0.1, -0.05) is 19.3 Å². The van der Waals surface area contributed by atoms with Gasteiger partial charge >= 0.3 is 6.09 Å². The van der Waals surface area contributed by atoms with Crippen LogP contribution in [-0.4, -0.2) is 45.8 Å². The molecule has 5 atom stereocenters. The lowest BCUT2D eigenvalue weighted by Gasteiger charge is -2.34. The smallest absolute Gasteiger partial charge is 0.414 e. The molecule has 2 aromatic rings. The van der Waals surface area contributed by atoms with E-state index < -0.39 is 0 Å². The van der Waals surface area contributed by atoms with E-state index in [-0.39, 0.29) is 41.9 Å². The largest absolute Gasteiger partial charge is 0.452 e. The molecule has 2 heterocycles. The Bertz CT molecular complexity index is 1110. The summed E-state index contributed by atoms with van der Waals surface area (Å²) in [6, 6.07) is 4.46. The van der Waals surface area contributed by atoms with Crippen LogP contribution in [0.15, 0.2) is 12.1 Å². The van der Waals surface area contributed by atoms with Crippen molar-refractivity contribution in [1.29, 1.82) is 0 Å². The van der Waals surface area contributed by atoms with Crippen molar-refractivity contribution >= 4 is 28.6 Å². The highest BCUT2D eigenvalue weighted by molar-refractivity contribution is 5.95. The molecule has 0 spiro atoms. The van der Waals surface area contributed by atoms with Crippen LogP contribution in [0.4, 0.5) is 10.5 Å². The minimum Gasteiger partial charge on any atom is -0.452 e.